The number of nitrogens with one attached hydrogen (secondary N) is 1. The molecule has 0 aliphatic heterocycles. The summed E-state index contributed by atoms with van der Waals surface area (Å²) < 4.78 is 0. The van der Waals surface area contributed by atoms with E-state index in [9.17, 15) is 4.79 Å². The second kappa shape index (κ2) is 5.06. The van der Waals surface area contributed by atoms with E-state index in [0.717, 1.165) is 11.3 Å². The molecule has 18 heavy (non-hydrogen) atoms. The Kier molecular flexibility index (Phi) is 3.48. The first-order valence-corrected chi connectivity index (χ1v) is 5.66. The monoisotopic (exact) mass is 262 g/mol. The first-order chi connectivity index (χ1) is 8.58. The van der Waals surface area contributed by atoms with Gasteiger partial charge in [0.05, 0.1) is 23.1 Å². The molecule has 0 atom stereocenters. The summed E-state index contributed by atoms with van der Waals surface area (Å²) in [6.45, 7) is 1.92. The largest absolute Gasteiger partial charge is 0.478 e. The van der Waals surface area contributed by atoms with Crippen LogP contribution in [-0.2, 0) is 0 Å². The summed E-state index contributed by atoms with van der Waals surface area (Å²) >= 11 is 5.79. The van der Waals surface area contributed by atoms with Crippen LogP contribution in [0.2, 0.25) is 5.02 Å². The maximum atomic E-state index is 11.1. The zero-order chi connectivity index (χ0) is 13.1. The number of aryl methyl sites for hydroxylation is 1. The van der Waals surface area contributed by atoms with Crippen LogP contribution in [0.5, 0.6) is 0 Å². The number of rotatable bonds is 3. The third kappa shape index (κ3) is 2.60. The van der Waals surface area contributed by atoms with E-state index in [2.05, 4.69) is 10.3 Å². The minimum atomic E-state index is -1.03. The molecule has 0 fully saturated rings. The molecule has 5 heteroatoms. The predicted octanol–water partition coefficient (Wildman–Crippen LogP) is 3.49. The maximum absolute atomic E-state index is 11.1. The standard InChI is InChI=1S/C13H11ClN2O2/c1-8-4-5-15-7-12(8)16-11-3-2-9(14)6-10(11)13(17)18/h2-7,16H,1H3,(H,17,18). The molecule has 4 nitrogen and oxygen atoms in total. The molecule has 0 aliphatic rings. The number of aromatic carboxylic acids is 1. The van der Waals surface area contributed by atoms with Crippen LogP contribution < -0.4 is 5.32 Å². The summed E-state index contributed by atoms with van der Waals surface area (Å²) in [7, 11) is 0. The molecule has 0 saturated heterocycles. The topological polar surface area (TPSA) is 62.2 Å². The van der Waals surface area contributed by atoms with Crippen LogP contribution >= 0.6 is 11.6 Å². The lowest BCUT2D eigenvalue weighted by molar-refractivity contribution is 0.0698. The van der Waals surface area contributed by atoms with E-state index >= 15 is 0 Å². The molecule has 0 unspecified atom stereocenters. The highest BCUT2D eigenvalue weighted by atomic mass is 35.5. The first kappa shape index (κ1) is 12.4. The minimum absolute atomic E-state index is 0.130. The van der Waals surface area contributed by atoms with Gasteiger partial charge in [0.15, 0.2) is 0 Å². The van der Waals surface area contributed by atoms with Gasteiger partial charge in [-0.1, -0.05) is 11.6 Å². The van der Waals surface area contributed by atoms with E-state index in [1.807, 2.05) is 13.0 Å². The SMILES string of the molecule is Cc1ccncc1Nc1ccc(Cl)cc1C(=O)O. The van der Waals surface area contributed by atoms with Crippen LogP contribution in [0.1, 0.15) is 15.9 Å². The van der Waals surface area contributed by atoms with E-state index in [0.29, 0.717) is 10.7 Å². The highest BCUT2D eigenvalue weighted by molar-refractivity contribution is 6.31. The minimum Gasteiger partial charge on any atom is -0.478 e. The molecule has 0 spiro atoms. The number of carbonyl (C=O) groups is 1. The van der Waals surface area contributed by atoms with Crippen molar-refractivity contribution in [3.05, 3.63) is 52.8 Å². The summed E-state index contributed by atoms with van der Waals surface area (Å²) in [5.41, 5.74) is 2.37. The number of nitrogens with zero attached hydrogens (tertiary/aromatic N) is 1. The van der Waals surface area contributed by atoms with Crippen LogP contribution in [0.25, 0.3) is 0 Å². The summed E-state index contributed by atoms with van der Waals surface area (Å²) in [6.07, 6.45) is 3.33. The Morgan fingerprint density at radius 2 is 2.11 bits per heavy atom. The van der Waals surface area contributed by atoms with Gasteiger partial charge in [0.1, 0.15) is 0 Å². The number of hydrogen-bond acceptors (Lipinski definition) is 3. The van der Waals surface area contributed by atoms with Gasteiger partial charge in [-0.25, -0.2) is 4.79 Å². The van der Waals surface area contributed by atoms with Gasteiger partial charge in [-0.05, 0) is 36.8 Å². The molecular weight excluding hydrogens is 252 g/mol. The van der Waals surface area contributed by atoms with Crippen molar-refractivity contribution < 1.29 is 9.90 Å². The van der Waals surface area contributed by atoms with E-state index in [-0.39, 0.29) is 5.56 Å². The number of aromatic nitrogens is 1. The molecule has 1 aromatic heterocycles. The first-order valence-electron chi connectivity index (χ1n) is 5.28. The summed E-state index contributed by atoms with van der Waals surface area (Å²) in [5, 5.41) is 12.6. The van der Waals surface area contributed by atoms with Crippen molar-refractivity contribution in [3.63, 3.8) is 0 Å². The van der Waals surface area contributed by atoms with Crippen molar-refractivity contribution >= 4 is 28.9 Å². The fourth-order valence-corrected chi connectivity index (χ4v) is 1.71. The lowest BCUT2D eigenvalue weighted by atomic mass is 10.1. The van der Waals surface area contributed by atoms with Gasteiger partial charge >= 0.3 is 5.97 Å². The molecule has 0 saturated carbocycles. The second-order valence-electron chi connectivity index (χ2n) is 3.81. The van der Waals surface area contributed by atoms with Crippen molar-refractivity contribution in [3.8, 4) is 0 Å². The van der Waals surface area contributed by atoms with E-state index in [1.54, 1.807) is 24.5 Å². The summed E-state index contributed by atoms with van der Waals surface area (Å²) in [5.74, 6) is -1.03. The Labute approximate surface area is 109 Å². The van der Waals surface area contributed by atoms with Gasteiger partial charge in [0.25, 0.3) is 0 Å². The number of pyridine rings is 1. The highest BCUT2D eigenvalue weighted by Crippen LogP contribution is 2.25. The Bertz CT molecular complexity index is 599. The zero-order valence-corrected chi connectivity index (χ0v) is 10.4. The number of hydrogen-bond donors (Lipinski definition) is 2. The van der Waals surface area contributed by atoms with Gasteiger partial charge in [0.2, 0.25) is 0 Å². The smallest absolute Gasteiger partial charge is 0.337 e. The number of benzene rings is 1. The van der Waals surface area contributed by atoms with Crippen LogP contribution in [0.15, 0.2) is 36.7 Å². The van der Waals surface area contributed by atoms with Gasteiger partial charge < -0.3 is 10.4 Å². The molecule has 92 valence electrons. The van der Waals surface area contributed by atoms with Gasteiger partial charge in [-0.15, -0.1) is 0 Å². The molecular formula is C13H11ClN2O2. The molecule has 2 N–H and O–H groups in total. The van der Waals surface area contributed by atoms with Crippen molar-refractivity contribution in [2.45, 2.75) is 6.92 Å². The molecule has 1 heterocycles. The van der Waals surface area contributed by atoms with E-state index < -0.39 is 5.97 Å². The normalized spacial score (nSPS) is 10.1. The fraction of sp³-hybridized carbons (Fsp3) is 0.0769. The summed E-state index contributed by atoms with van der Waals surface area (Å²) in [4.78, 5) is 15.1. The number of carboxylic acid groups (broad SMARTS) is 1. The number of anilines is 2. The van der Waals surface area contributed by atoms with E-state index in [1.165, 1.54) is 6.07 Å². The van der Waals surface area contributed by atoms with Crippen LogP contribution in [0, 0.1) is 6.92 Å². The van der Waals surface area contributed by atoms with Crippen molar-refractivity contribution in [2.24, 2.45) is 0 Å². The zero-order valence-electron chi connectivity index (χ0n) is 9.64. The van der Waals surface area contributed by atoms with Crippen LogP contribution in [-0.4, -0.2) is 16.1 Å². The van der Waals surface area contributed by atoms with Gasteiger partial charge in [0, 0.05) is 11.2 Å². The van der Waals surface area contributed by atoms with Crippen LogP contribution in [0.3, 0.4) is 0 Å². The third-order valence-corrected chi connectivity index (χ3v) is 2.76. The average molecular weight is 263 g/mol. The Balaban J connectivity index is 2.41. The maximum Gasteiger partial charge on any atom is 0.337 e. The molecule has 2 rings (SSSR count). The number of carboxylic acids is 1. The van der Waals surface area contributed by atoms with Crippen molar-refractivity contribution in [2.75, 3.05) is 5.32 Å². The Morgan fingerprint density at radius 1 is 1.33 bits per heavy atom. The third-order valence-electron chi connectivity index (χ3n) is 2.52. The molecule has 0 aliphatic carbocycles. The molecule has 1 aromatic carbocycles. The van der Waals surface area contributed by atoms with Gasteiger partial charge in [-0.2, -0.15) is 0 Å². The van der Waals surface area contributed by atoms with Crippen LogP contribution in [0.4, 0.5) is 11.4 Å². The second-order valence-corrected chi connectivity index (χ2v) is 4.25. The molecule has 0 radical (unpaired) electrons. The van der Waals surface area contributed by atoms with E-state index in [4.69, 9.17) is 16.7 Å². The van der Waals surface area contributed by atoms with Crippen molar-refractivity contribution in [1.82, 2.24) is 4.98 Å². The number of halogens is 1. The molecule has 0 bridgehead atoms. The predicted molar refractivity (Wildman–Crippen MR) is 70.7 cm³/mol. The lowest BCUT2D eigenvalue weighted by Gasteiger charge is -2.11. The molecule has 0 amide bonds. The Morgan fingerprint density at radius 3 is 2.78 bits per heavy atom. The fourth-order valence-electron chi connectivity index (χ4n) is 1.54. The lowest BCUT2D eigenvalue weighted by Crippen LogP contribution is -2.03. The van der Waals surface area contributed by atoms with Crippen molar-refractivity contribution in [1.29, 1.82) is 0 Å². The highest BCUT2D eigenvalue weighted by Gasteiger charge is 2.11. The van der Waals surface area contributed by atoms with Gasteiger partial charge in [-0.3, -0.25) is 4.98 Å². The summed E-state index contributed by atoms with van der Waals surface area (Å²) in [6, 6.07) is 6.54. The Hall–Kier alpha value is -2.07. The average Bonchev–Trinajstić information content (AvgIpc) is 2.34. The quantitative estimate of drug-likeness (QED) is 0.889. The molecule has 2 aromatic rings.